The van der Waals surface area contributed by atoms with Gasteiger partial charge in [0.1, 0.15) is 11.5 Å². The molecule has 0 aromatic heterocycles. The average Bonchev–Trinajstić information content (AvgIpc) is 2.85. The van der Waals surface area contributed by atoms with Gasteiger partial charge in [-0.05, 0) is 85.8 Å². The summed E-state index contributed by atoms with van der Waals surface area (Å²) in [5, 5.41) is 0. The zero-order valence-electron chi connectivity index (χ0n) is 22.3. The molecule has 0 N–H and O–H groups in total. The topological polar surface area (TPSA) is 35.5 Å². The lowest BCUT2D eigenvalue weighted by Gasteiger charge is -2.24. The Morgan fingerprint density at radius 3 is 1.32 bits per heavy atom. The van der Waals surface area contributed by atoms with E-state index in [0.29, 0.717) is 6.16 Å². The van der Waals surface area contributed by atoms with Crippen LogP contribution in [0.5, 0.6) is 11.5 Å². The van der Waals surface area contributed by atoms with Crippen LogP contribution in [-0.4, -0.2) is 6.16 Å². The third kappa shape index (κ3) is 8.49. The SMILES string of the molecule is CCCCc1cccc(OP(=O)(CC)Oc2cccc(CCCC)c2CCCC)c1CCCC. The number of hydrogen-bond donors (Lipinski definition) is 0. The van der Waals surface area contributed by atoms with Crippen LogP contribution in [0.15, 0.2) is 36.4 Å². The van der Waals surface area contributed by atoms with E-state index in [1.807, 2.05) is 31.2 Å². The summed E-state index contributed by atoms with van der Waals surface area (Å²) < 4.78 is 26.6. The summed E-state index contributed by atoms with van der Waals surface area (Å²) in [7, 11) is -3.35. The quantitative estimate of drug-likeness (QED) is 0.209. The Bertz CT molecular complexity index is 836. The first-order valence-electron chi connectivity index (χ1n) is 13.7. The molecule has 2 aromatic carbocycles. The van der Waals surface area contributed by atoms with Gasteiger partial charge in [0.2, 0.25) is 0 Å². The van der Waals surface area contributed by atoms with E-state index in [2.05, 4.69) is 39.8 Å². The van der Waals surface area contributed by atoms with Gasteiger partial charge in [0, 0.05) is 0 Å². The number of rotatable bonds is 17. The van der Waals surface area contributed by atoms with E-state index < -0.39 is 7.60 Å². The highest BCUT2D eigenvalue weighted by atomic mass is 31.2. The van der Waals surface area contributed by atoms with E-state index >= 15 is 0 Å². The molecule has 0 aliphatic heterocycles. The fraction of sp³-hybridized carbons (Fsp3) is 0.600. The van der Waals surface area contributed by atoms with Gasteiger partial charge >= 0.3 is 7.60 Å². The Kier molecular flexibility index (Phi) is 12.8. The zero-order chi connectivity index (χ0) is 24.8. The van der Waals surface area contributed by atoms with Gasteiger partial charge in [-0.25, -0.2) is 4.57 Å². The van der Waals surface area contributed by atoms with Gasteiger partial charge in [-0.2, -0.15) is 0 Å². The van der Waals surface area contributed by atoms with E-state index in [-0.39, 0.29) is 0 Å². The van der Waals surface area contributed by atoms with E-state index in [1.165, 1.54) is 22.3 Å². The number of aryl methyl sites for hydroxylation is 2. The minimum absolute atomic E-state index is 0.339. The maximum Gasteiger partial charge on any atom is 0.430 e. The van der Waals surface area contributed by atoms with Gasteiger partial charge in [-0.15, -0.1) is 0 Å². The van der Waals surface area contributed by atoms with Crippen LogP contribution < -0.4 is 9.05 Å². The Hall–Kier alpha value is -1.73. The van der Waals surface area contributed by atoms with Gasteiger partial charge in [0.05, 0.1) is 6.16 Å². The summed E-state index contributed by atoms with van der Waals surface area (Å²) >= 11 is 0. The molecule has 0 aliphatic carbocycles. The summed E-state index contributed by atoms with van der Waals surface area (Å²) in [6.45, 7) is 10.8. The Morgan fingerprint density at radius 2 is 0.971 bits per heavy atom. The highest BCUT2D eigenvalue weighted by molar-refractivity contribution is 7.54. The fourth-order valence-corrected chi connectivity index (χ4v) is 5.56. The lowest BCUT2D eigenvalue weighted by atomic mass is 9.97. The average molecular weight is 487 g/mol. The van der Waals surface area contributed by atoms with Crippen LogP contribution in [-0.2, 0) is 30.2 Å². The highest BCUT2D eigenvalue weighted by Crippen LogP contribution is 2.50. The van der Waals surface area contributed by atoms with Crippen molar-refractivity contribution in [3.63, 3.8) is 0 Å². The van der Waals surface area contributed by atoms with Gasteiger partial charge in [-0.1, -0.05) is 84.6 Å². The molecule has 0 aliphatic rings. The molecule has 0 spiro atoms. The second kappa shape index (κ2) is 15.3. The van der Waals surface area contributed by atoms with Crippen molar-refractivity contribution in [3.05, 3.63) is 58.7 Å². The fourth-order valence-electron chi connectivity index (χ4n) is 4.32. The Balaban J connectivity index is 2.38. The third-order valence-corrected chi connectivity index (χ3v) is 8.21. The summed E-state index contributed by atoms with van der Waals surface area (Å²) in [5.74, 6) is 1.48. The lowest BCUT2D eigenvalue weighted by molar-refractivity contribution is 0.383. The second-order valence-corrected chi connectivity index (χ2v) is 11.5. The molecule has 0 fully saturated rings. The number of hydrogen-bond acceptors (Lipinski definition) is 3. The molecule has 0 unspecified atom stereocenters. The van der Waals surface area contributed by atoms with Crippen molar-refractivity contribution in [1.29, 1.82) is 0 Å². The summed E-state index contributed by atoms with van der Waals surface area (Å²) in [6, 6.07) is 12.4. The lowest BCUT2D eigenvalue weighted by Crippen LogP contribution is -2.08. The molecule has 34 heavy (non-hydrogen) atoms. The van der Waals surface area contributed by atoms with Gasteiger partial charge in [-0.3, -0.25) is 0 Å². The van der Waals surface area contributed by atoms with E-state index in [1.54, 1.807) is 0 Å². The van der Waals surface area contributed by atoms with Crippen molar-refractivity contribution in [2.45, 2.75) is 112 Å². The molecule has 2 aromatic rings. The van der Waals surface area contributed by atoms with Crippen LogP contribution in [0.1, 0.15) is 108 Å². The zero-order valence-corrected chi connectivity index (χ0v) is 23.2. The molecule has 0 atom stereocenters. The van der Waals surface area contributed by atoms with Crippen LogP contribution >= 0.6 is 7.60 Å². The Morgan fingerprint density at radius 1 is 0.588 bits per heavy atom. The predicted octanol–water partition coefficient (Wildman–Crippen LogP) is 9.73. The smallest absolute Gasteiger partial charge is 0.416 e. The first-order chi connectivity index (χ1) is 16.5. The molecular formula is C30H47O3P. The monoisotopic (exact) mass is 486 g/mol. The molecule has 0 radical (unpaired) electrons. The van der Waals surface area contributed by atoms with E-state index in [0.717, 1.165) is 88.5 Å². The molecule has 0 bridgehead atoms. The predicted molar refractivity (Wildman–Crippen MR) is 147 cm³/mol. The maximum absolute atomic E-state index is 14.0. The first-order valence-corrected chi connectivity index (χ1v) is 15.4. The van der Waals surface area contributed by atoms with Crippen LogP contribution in [0.2, 0.25) is 0 Å². The molecule has 2 rings (SSSR count). The number of benzene rings is 2. The van der Waals surface area contributed by atoms with Crippen LogP contribution in [0, 0.1) is 0 Å². The number of unbranched alkanes of at least 4 members (excludes halogenated alkanes) is 4. The minimum Gasteiger partial charge on any atom is -0.416 e. The minimum atomic E-state index is -3.35. The molecule has 3 nitrogen and oxygen atoms in total. The molecule has 190 valence electrons. The van der Waals surface area contributed by atoms with Gasteiger partial charge in [0.25, 0.3) is 0 Å². The summed E-state index contributed by atoms with van der Waals surface area (Å²) in [4.78, 5) is 0. The largest absolute Gasteiger partial charge is 0.430 e. The molecule has 0 saturated carbocycles. The standard InChI is InChI=1S/C30H47O3P/c1-6-11-17-25-19-15-23-29(27(25)21-13-8-3)32-34(31,10-5)33-30-24-16-20-26(18-12-7-2)28(30)22-14-9-4/h15-16,19-20,23-24H,6-14,17-18,21-22H2,1-5H3. The van der Waals surface area contributed by atoms with Crippen LogP contribution in [0.3, 0.4) is 0 Å². The van der Waals surface area contributed by atoms with Crippen LogP contribution in [0.25, 0.3) is 0 Å². The van der Waals surface area contributed by atoms with Crippen molar-refractivity contribution in [1.82, 2.24) is 0 Å². The third-order valence-electron chi connectivity index (χ3n) is 6.48. The molecule has 4 heteroatoms. The van der Waals surface area contributed by atoms with Crippen molar-refractivity contribution in [2.75, 3.05) is 6.16 Å². The van der Waals surface area contributed by atoms with E-state index in [9.17, 15) is 4.57 Å². The summed E-state index contributed by atoms with van der Waals surface area (Å²) in [5.41, 5.74) is 5.05. The van der Waals surface area contributed by atoms with Gasteiger partial charge in [0.15, 0.2) is 0 Å². The highest BCUT2D eigenvalue weighted by Gasteiger charge is 2.28. The summed E-state index contributed by atoms with van der Waals surface area (Å²) in [6.07, 6.45) is 13.3. The van der Waals surface area contributed by atoms with Gasteiger partial charge < -0.3 is 9.05 Å². The first kappa shape index (κ1) is 28.5. The van der Waals surface area contributed by atoms with Crippen LogP contribution in [0.4, 0.5) is 0 Å². The normalized spacial score (nSPS) is 11.6. The molecule has 0 heterocycles. The second-order valence-electron chi connectivity index (χ2n) is 9.31. The van der Waals surface area contributed by atoms with Crippen molar-refractivity contribution >= 4 is 7.60 Å². The van der Waals surface area contributed by atoms with Crippen molar-refractivity contribution < 1.29 is 13.6 Å². The maximum atomic E-state index is 14.0. The van der Waals surface area contributed by atoms with Crippen molar-refractivity contribution in [2.24, 2.45) is 0 Å². The molecular weight excluding hydrogens is 439 g/mol. The Labute approximate surface area is 209 Å². The molecule has 0 saturated heterocycles. The van der Waals surface area contributed by atoms with E-state index in [4.69, 9.17) is 9.05 Å². The van der Waals surface area contributed by atoms with Crippen molar-refractivity contribution in [3.8, 4) is 11.5 Å². The molecule has 0 amide bonds.